The molecule has 0 bridgehead atoms. The summed E-state index contributed by atoms with van der Waals surface area (Å²) in [6, 6.07) is 13.8. The Hall–Kier alpha value is -2.16. The minimum atomic E-state index is -3.65. The summed E-state index contributed by atoms with van der Waals surface area (Å²) in [5.74, 6) is 0.164. The van der Waals surface area contributed by atoms with E-state index in [0.29, 0.717) is 16.5 Å². The van der Waals surface area contributed by atoms with Crippen molar-refractivity contribution in [1.82, 2.24) is 0 Å². The van der Waals surface area contributed by atoms with Gasteiger partial charge >= 0.3 is 0 Å². The molecule has 0 heterocycles. The highest BCUT2D eigenvalue weighted by molar-refractivity contribution is 7.92. The molecule has 0 fully saturated rings. The third-order valence-corrected chi connectivity index (χ3v) is 5.86. The summed E-state index contributed by atoms with van der Waals surface area (Å²) < 4.78 is 31.5. The molecule has 0 radical (unpaired) electrons. The van der Waals surface area contributed by atoms with Crippen LogP contribution in [0, 0.1) is 0 Å². The van der Waals surface area contributed by atoms with Crippen LogP contribution in [-0.2, 0) is 10.0 Å². The number of amides is 1. The molecule has 0 aliphatic heterocycles. The molecule has 162 valence electrons. The van der Waals surface area contributed by atoms with E-state index in [1.54, 1.807) is 24.3 Å². The molecule has 0 spiro atoms. The number of benzene rings is 3. The first-order valence-corrected chi connectivity index (χ1v) is 11.9. The minimum Gasteiger partial charge on any atom is -0.457 e. The smallest absolute Gasteiger partial charge is 0.257 e. The van der Waals surface area contributed by atoms with E-state index in [1.165, 1.54) is 30.3 Å². The van der Waals surface area contributed by atoms with Gasteiger partial charge in [0.1, 0.15) is 11.5 Å². The van der Waals surface area contributed by atoms with E-state index in [-0.39, 0.29) is 32.0 Å². The largest absolute Gasteiger partial charge is 0.457 e. The Kier molecular flexibility index (Phi) is 7.24. The first-order valence-electron chi connectivity index (χ1n) is 8.53. The third-order valence-electron chi connectivity index (χ3n) is 3.82. The molecule has 2 N–H and O–H groups in total. The topological polar surface area (TPSA) is 84.5 Å². The fourth-order valence-electron chi connectivity index (χ4n) is 2.53. The second kappa shape index (κ2) is 9.54. The number of hydrogen-bond acceptors (Lipinski definition) is 4. The number of hydrogen-bond donors (Lipinski definition) is 2. The van der Waals surface area contributed by atoms with Gasteiger partial charge in [0, 0.05) is 10.7 Å². The lowest BCUT2D eigenvalue weighted by molar-refractivity contribution is 0.102. The number of carbonyl (C=O) groups excluding carboxylic acids is 1. The van der Waals surface area contributed by atoms with Crippen LogP contribution < -0.4 is 14.8 Å². The van der Waals surface area contributed by atoms with Gasteiger partial charge in [-0.15, -0.1) is 0 Å². The molecule has 0 atom stereocenters. The number of halogens is 4. The summed E-state index contributed by atoms with van der Waals surface area (Å²) >= 11 is 23.8. The molecular weight excluding hydrogens is 506 g/mol. The molecule has 0 aliphatic carbocycles. The van der Waals surface area contributed by atoms with Gasteiger partial charge in [-0.05, 0) is 54.6 Å². The highest BCUT2D eigenvalue weighted by Crippen LogP contribution is 2.34. The number of anilines is 2. The van der Waals surface area contributed by atoms with Gasteiger partial charge in [0.15, 0.2) is 0 Å². The van der Waals surface area contributed by atoms with Crippen molar-refractivity contribution in [3.8, 4) is 11.5 Å². The van der Waals surface area contributed by atoms with Crippen LogP contribution in [0.3, 0.4) is 0 Å². The van der Waals surface area contributed by atoms with Crippen molar-refractivity contribution in [1.29, 1.82) is 0 Å². The molecule has 1 amide bonds. The van der Waals surface area contributed by atoms with Crippen LogP contribution in [0.1, 0.15) is 10.4 Å². The summed E-state index contributed by atoms with van der Waals surface area (Å²) in [7, 11) is -3.65. The van der Waals surface area contributed by atoms with Crippen LogP contribution in [-0.4, -0.2) is 20.6 Å². The molecule has 0 aliphatic rings. The van der Waals surface area contributed by atoms with Gasteiger partial charge < -0.3 is 10.1 Å². The van der Waals surface area contributed by atoms with Gasteiger partial charge in [0.2, 0.25) is 10.0 Å². The molecule has 0 unspecified atom stereocenters. The lowest BCUT2D eigenvalue weighted by Crippen LogP contribution is -2.17. The van der Waals surface area contributed by atoms with Gasteiger partial charge in [-0.2, -0.15) is 0 Å². The molecule has 31 heavy (non-hydrogen) atoms. The number of carbonyl (C=O) groups is 1. The van der Waals surface area contributed by atoms with Crippen molar-refractivity contribution in [3.63, 3.8) is 0 Å². The summed E-state index contributed by atoms with van der Waals surface area (Å²) in [6.07, 6.45) is 0.978. The molecule has 3 aromatic rings. The van der Waals surface area contributed by atoms with Gasteiger partial charge in [0.25, 0.3) is 5.91 Å². The number of sulfonamides is 1. The second-order valence-corrected chi connectivity index (χ2v) is 9.72. The van der Waals surface area contributed by atoms with Crippen molar-refractivity contribution in [2.75, 3.05) is 16.3 Å². The lowest BCUT2D eigenvalue weighted by Gasteiger charge is -2.14. The summed E-state index contributed by atoms with van der Waals surface area (Å²) in [5.41, 5.74) is 0.354. The van der Waals surface area contributed by atoms with Gasteiger partial charge in [-0.25, -0.2) is 8.42 Å². The Balaban J connectivity index is 1.95. The number of nitrogens with one attached hydrogen (secondary N) is 2. The van der Waals surface area contributed by atoms with E-state index in [0.717, 1.165) is 6.26 Å². The Bertz CT molecular complexity index is 1230. The molecule has 11 heteroatoms. The number of ether oxygens (including phenoxy) is 1. The van der Waals surface area contributed by atoms with E-state index in [9.17, 15) is 13.2 Å². The van der Waals surface area contributed by atoms with E-state index in [2.05, 4.69) is 10.0 Å². The molecular formula is C20H14Cl4N2O4S. The van der Waals surface area contributed by atoms with Crippen molar-refractivity contribution < 1.29 is 17.9 Å². The zero-order chi connectivity index (χ0) is 22.8. The van der Waals surface area contributed by atoms with Crippen LogP contribution >= 0.6 is 46.4 Å². The fourth-order valence-corrected chi connectivity index (χ4v) is 3.83. The van der Waals surface area contributed by atoms with Crippen LogP contribution in [0.2, 0.25) is 20.1 Å². The Morgan fingerprint density at radius 1 is 0.871 bits per heavy atom. The van der Waals surface area contributed by atoms with Crippen LogP contribution in [0.5, 0.6) is 11.5 Å². The van der Waals surface area contributed by atoms with Gasteiger partial charge in [-0.1, -0.05) is 46.4 Å². The summed E-state index contributed by atoms with van der Waals surface area (Å²) in [4.78, 5) is 12.9. The van der Waals surface area contributed by atoms with Crippen molar-refractivity contribution in [3.05, 3.63) is 80.3 Å². The average molecular weight is 520 g/mol. The molecule has 0 aromatic heterocycles. The predicted molar refractivity (Wildman–Crippen MR) is 126 cm³/mol. The lowest BCUT2D eigenvalue weighted by atomic mass is 10.1. The fraction of sp³-hybridized carbons (Fsp3) is 0.0500. The van der Waals surface area contributed by atoms with Gasteiger partial charge in [-0.3, -0.25) is 9.52 Å². The Labute approximate surface area is 199 Å². The molecule has 6 nitrogen and oxygen atoms in total. The van der Waals surface area contributed by atoms with Crippen molar-refractivity contribution >= 4 is 73.7 Å². The summed E-state index contributed by atoms with van der Waals surface area (Å²) in [5, 5.41) is 3.61. The van der Waals surface area contributed by atoms with E-state index >= 15 is 0 Å². The Morgan fingerprint density at radius 3 is 2.03 bits per heavy atom. The standard InChI is InChI=1S/C20H14Cl4N2O4S/c1-31(28,29)26-18-7-6-14(30-13-4-2-11(21)3-5-13)10-15(18)20(27)25-12-8-16(22)19(24)17(23)9-12/h2-10,26H,1H3,(H,25,27). The zero-order valence-electron chi connectivity index (χ0n) is 15.7. The van der Waals surface area contributed by atoms with Crippen molar-refractivity contribution in [2.45, 2.75) is 0 Å². The monoisotopic (exact) mass is 518 g/mol. The SMILES string of the molecule is CS(=O)(=O)Nc1ccc(Oc2ccc(Cl)cc2)cc1C(=O)Nc1cc(Cl)c(Cl)c(Cl)c1. The van der Waals surface area contributed by atoms with Gasteiger partial charge in [0.05, 0.1) is 32.6 Å². The highest BCUT2D eigenvalue weighted by atomic mass is 35.5. The second-order valence-electron chi connectivity index (χ2n) is 6.35. The van der Waals surface area contributed by atoms with E-state index in [1.807, 2.05) is 0 Å². The highest BCUT2D eigenvalue weighted by Gasteiger charge is 2.17. The van der Waals surface area contributed by atoms with Crippen LogP contribution in [0.25, 0.3) is 0 Å². The summed E-state index contributed by atoms with van der Waals surface area (Å²) in [6.45, 7) is 0. The first kappa shape index (κ1) is 23.5. The van der Waals surface area contributed by atoms with Crippen molar-refractivity contribution in [2.24, 2.45) is 0 Å². The molecule has 0 saturated heterocycles. The predicted octanol–water partition coefficient (Wildman–Crippen LogP) is 6.72. The maximum atomic E-state index is 12.9. The molecule has 3 aromatic carbocycles. The normalized spacial score (nSPS) is 11.1. The maximum Gasteiger partial charge on any atom is 0.257 e. The number of rotatable bonds is 6. The third kappa shape index (κ3) is 6.41. The molecule has 0 saturated carbocycles. The molecule has 3 rings (SSSR count). The van der Waals surface area contributed by atoms with Crippen LogP contribution in [0.4, 0.5) is 11.4 Å². The Morgan fingerprint density at radius 2 is 1.45 bits per heavy atom. The zero-order valence-corrected chi connectivity index (χ0v) is 19.6. The van der Waals surface area contributed by atoms with E-state index in [4.69, 9.17) is 51.1 Å². The first-order chi connectivity index (χ1) is 14.5. The minimum absolute atomic E-state index is 0.0130. The maximum absolute atomic E-state index is 12.9. The van der Waals surface area contributed by atoms with E-state index < -0.39 is 15.9 Å². The quantitative estimate of drug-likeness (QED) is 0.354. The van der Waals surface area contributed by atoms with Crippen LogP contribution in [0.15, 0.2) is 54.6 Å². The average Bonchev–Trinajstić information content (AvgIpc) is 2.68.